The highest BCUT2D eigenvalue weighted by Gasteiger charge is 2.18. The fraction of sp³-hybridized carbons (Fsp3) is 0. The van der Waals surface area contributed by atoms with Crippen LogP contribution in [0.4, 0.5) is 0 Å². The second-order valence-electron chi connectivity index (χ2n) is 16.8. The fourth-order valence-corrected chi connectivity index (χ4v) is 11.6. The Bertz CT molecular complexity index is 4200. The maximum Gasteiger partial charge on any atom is 0.143 e. The lowest BCUT2D eigenvalue weighted by Crippen LogP contribution is -1.94. The van der Waals surface area contributed by atoms with E-state index in [-0.39, 0.29) is 0 Å². The van der Waals surface area contributed by atoms with Crippen molar-refractivity contribution in [3.63, 3.8) is 0 Å². The van der Waals surface area contributed by atoms with Gasteiger partial charge in [-0.25, -0.2) is 0 Å². The highest BCUT2D eigenvalue weighted by Crippen LogP contribution is 2.43. The summed E-state index contributed by atoms with van der Waals surface area (Å²) in [5.74, 6) is 0. The molecular formula is C60H36N2OS. The van der Waals surface area contributed by atoms with E-state index in [9.17, 15) is 0 Å². The molecule has 0 fully saturated rings. The molecule has 64 heavy (non-hydrogen) atoms. The lowest BCUT2D eigenvalue weighted by Gasteiger charge is -2.12. The molecule has 14 rings (SSSR count). The summed E-state index contributed by atoms with van der Waals surface area (Å²) in [4.78, 5) is 0. The van der Waals surface area contributed by atoms with E-state index in [2.05, 4.69) is 215 Å². The number of hydrogen-bond donors (Lipinski definition) is 0. The van der Waals surface area contributed by atoms with Crippen molar-refractivity contribution < 1.29 is 4.42 Å². The predicted octanol–water partition coefficient (Wildman–Crippen LogP) is 17.1. The highest BCUT2D eigenvalue weighted by molar-refractivity contribution is 7.25. The number of benzene rings is 10. The number of fused-ring (bicyclic) bond motifs is 12. The molecule has 0 bridgehead atoms. The van der Waals surface area contributed by atoms with Gasteiger partial charge >= 0.3 is 0 Å². The molecule has 10 aromatic carbocycles. The third-order valence-corrected chi connectivity index (χ3v) is 14.5. The van der Waals surface area contributed by atoms with Crippen LogP contribution in [0.3, 0.4) is 0 Å². The van der Waals surface area contributed by atoms with Crippen molar-refractivity contribution in [2.45, 2.75) is 0 Å². The van der Waals surface area contributed by atoms with Crippen molar-refractivity contribution in [3.05, 3.63) is 218 Å². The van der Waals surface area contributed by atoms with Crippen molar-refractivity contribution >= 4 is 97.1 Å². The van der Waals surface area contributed by atoms with Crippen LogP contribution in [-0.2, 0) is 0 Å². The molecule has 0 atom stereocenters. The summed E-state index contributed by atoms with van der Waals surface area (Å²) in [5.41, 5.74) is 16.0. The molecule has 0 radical (unpaired) electrons. The molecule has 0 saturated heterocycles. The zero-order chi connectivity index (χ0) is 41.9. The summed E-state index contributed by atoms with van der Waals surface area (Å²) < 4.78 is 13.9. The minimum Gasteiger partial charge on any atom is -0.455 e. The van der Waals surface area contributed by atoms with Gasteiger partial charge in [0.15, 0.2) is 0 Å². The van der Waals surface area contributed by atoms with E-state index in [4.69, 9.17) is 4.42 Å². The quantitative estimate of drug-likeness (QED) is 0.169. The molecule has 0 amide bonds. The van der Waals surface area contributed by atoms with Gasteiger partial charge in [-0.05, 0) is 107 Å². The summed E-state index contributed by atoms with van der Waals surface area (Å²) in [6, 6.07) is 79.7. The minimum absolute atomic E-state index is 0.914. The van der Waals surface area contributed by atoms with Crippen LogP contribution in [0, 0.1) is 0 Å². The average Bonchev–Trinajstić information content (AvgIpc) is 4.11. The maximum absolute atomic E-state index is 6.40. The van der Waals surface area contributed by atoms with E-state index < -0.39 is 0 Å². The van der Waals surface area contributed by atoms with E-state index in [0.717, 1.165) is 44.4 Å². The van der Waals surface area contributed by atoms with Gasteiger partial charge < -0.3 is 13.6 Å². The van der Waals surface area contributed by atoms with Crippen molar-refractivity contribution in [2.75, 3.05) is 0 Å². The first-order valence-electron chi connectivity index (χ1n) is 21.8. The number of para-hydroxylation sites is 4. The SMILES string of the molecule is c1cc(-c2cccc3sc4ccccc4c23)cc(-n2c3ccccc3c3cc(-c4ccc5c(c4)c4ccccc4n5-c4ccc(-c5cccc6c5oc5ccccc56)cc4)ccc32)c1. The zero-order valence-corrected chi connectivity index (χ0v) is 35.3. The minimum atomic E-state index is 0.914. The van der Waals surface area contributed by atoms with Gasteiger partial charge in [-0.1, -0.05) is 140 Å². The van der Waals surface area contributed by atoms with Crippen LogP contribution in [-0.4, -0.2) is 9.13 Å². The molecule has 3 nitrogen and oxygen atoms in total. The maximum atomic E-state index is 6.40. The number of hydrogen-bond acceptors (Lipinski definition) is 2. The second-order valence-corrected chi connectivity index (χ2v) is 17.9. The lowest BCUT2D eigenvalue weighted by molar-refractivity contribution is 0.670. The van der Waals surface area contributed by atoms with Crippen molar-refractivity contribution in [2.24, 2.45) is 0 Å². The second kappa shape index (κ2) is 13.7. The first-order valence-corrected chi connectivity index (χ1v) is 22.6. The van der Waals surface area contributed by atoms with Crippen molar-refractivity contribution in [3.8, 4) is 44.8 Å². The molecular weight excluding hydrogens is 797 g/mol. The molecule has 0 spiro atoms. The summed E-state index contributed by atoms with van der Waals surface area (Å²) in [6.07, 6.45) is 0. The Morgan fingerprint density at radius 2 is 0.859 bits per heavy atom. The number of rotatable bonds is 5. The summed E-state index contributed by atoms with van der Waals surface area (Å²) in [7, 11) is 0. The Morgan fingerprint density at radius 3 is 1.61 bits per heavy atom. The van der Waals surface area contributed by atoms with Gasteiger partial charge in [0.25, 0.3) is 0 Å². The van der Waals surface area contributed by atoms with Crippen molar-refractivity contribution in [1.29, 1.82) is 0 Å². The molecule has 0 unspecified atom stereocenters. The molecule has 0 aliphatic rings. The predicted molar refractivity (Wildman–Crippen MR) is 272 cm³/mol. The fourth-order valence-electron chi connectivity index (χ4n) is 10.5. The Kier molecular flexibility index (Phi) is 7.56. The number of furan rings is 1. The first kappa shape index (κ1) is 35.4. The van der Waals surface area contributed by atoms with Crippen LogP contribution in [0.25, 0.3) is 130 Å². The van der Waals surface area contributed by atoms with Gasteiger partial charge in [0.05, 0.1) is 22.1 Å². The van der Waals surface area contributed by atoms with E-state index >= 15 is 0 Å². The number of aromatic nitrogens is 2. The lowest BCUT2D eigenvalue weighted by atomic mass is 9.99. The smallest absolute Gasteiger partial charge is 0.143 e. The van der Waals surface area contributed by atoms with Gasteiger partial charge in [-0.2, -0.15) is 0 Å². The highest BCUT2D eigenvalue weighted by atomic mass is 32.1. The molecule has 0 saturated carbocycles. The Hall–Kier alpha value is -8.18. The van der Waals surface area contributed by atoms with Gasteiger partial charge in [0, 0.05) is 69.4 Å². The molecule has 4 heteroatoms. The van der Waals surface area contributed by atoms with E-state index in [1.54, 1.807) is 0 Å². The first-order chi connectivity index (χ1) is 31.7. The third kappa shape index (κ3) is 5.21. The summed E-state index contributed by atoms with van der Waals surface area (Å²) in [5, 5.41) is 9.89. The average molecular weight is 833 g/mol. The van der Waals surface area contributed by atoms with Crippen LogP contribution >= 0.6 is 11.3 Å². The Labute approximate surface area is 371 Å². The van der Waals surface area contributed by atoms with Gasteiger partial charge in [0.2, 0.25) is 0 Å². The molecule has 0 aliphatic carbocycles. The zero-order valence-electron chi connectivity index (χ0n) is 34.5. The number of nitrogens with zero attached hydrogens (tertiary/aromatic N) is 2. The van der Waals surface area contributed by atoms with Gasteiger partial charge in [-0.15, -0.1) is 11.3 Å². The van der Waals surface area contributed by atoms with Crippen LogP contribution in [0.5, 0.6) is 0 Å². The van der Waals surface area contributed by atoms with Crippen LogP contribution < -0.4 is 0 Å². The molecule has 0 aliphatic heterocycles. The van der Waals surface area contributed by atoms with Crippen molar-refractivity contribution in [1.82, 2.24) is 9.13 Å². The van der Waals surface area contributed by atoms with E-state index in [1.807, 2.05) is 23.5 Å². The molecule has 298 valence electrons. The Morgan fingerprint density at radius 1 is 0.312 bits per heavy atom. The summed E-state index contributed by atoms with van der Waals surface area (Å²) >= 11 is 1.87. The normalized spacial score (nSPS) is 12.1. The van der Waals surface area contributed by atoms with Crippen LogP contribution in [0.2, 0.25) is 0 Å². The molecule has 4 aromatic heterocycles. The monoisotopic (exact) mass is 832 g/mol. The van der Waals surface area contributed by atoms with Crippen LogP contribution in [0.15, 0.2) is 223 Å². The third-order valence-electron chi connectivity index (χ3n) is 13.3. The Balaban J connectivity index is 0.867. The summed E-state index contributed by atoms with van der Waals surface area (Å²) in [6.45, 7) is 0. The van der Waals surface area contributed by atoms with Gasteiger partial charge in [0.1, 0.15) is 11.2 Å². The van der Waals surface area contributed by atoms with E-state index in [0.29, 0.717) is 0 Å². The topological polar surface area (TPSA) is 23.0 Å². The molecule has 0 N–H and O–H groups in total. The standard InChI is InChI=1S/C60H36N2OS/c1-5-21-52-45(14-1)50-35-38(28-32-54(50)61(52)41-30-26-37(27-31-41)44-19-10-20-48-47-16-3-7-23-56(47)63-60(44)48)39-29-33-55-51(36-39)46-15-2-6-22-53(46)62(55)42-13-9-12-40(34-42)43-18-11-25-58-59(43)49-17-4-8-24-57(49)64-58/h1-36H. The van der Waals surface area contributed by atoms with E-state index in [1.165, 1.54) is 86.0 Å². The largest absolute Gasteiger partial charge is 0.455 e. The number of thiophene rings is 1. The molecule has 14 aromatic rings. The van der Waals surface area contributed by atoms with Crippen LogP contribution in [0.1, 0.15) is 0 Å². The van der Waals surface area contributed by atoms with Gasteiger partial charge in [-0.3, -0.25) is 0 Å². The molecule has 4 heterocycles.